The maximum Gasteiger partial charge on any atom is 0.387 e. The monoisotopic (exact) mass is 311 g/mol. The summed E-state index contributed by atoms with van der Waals surface area (Å²) in [5, 5.41) is 2.79. The third kappa shape index (κ3) is 4.01. The molecule has 2 aromatic rings. The number of para-hydroxylation sites is 1. The summed E-state index contributed by atoms with van der Waals surface area (Å²) in [6.45, 7) is 0.747. The molecule has 3 nitrogen and oxygen atoms in total. The van der Waals surface area contributed by atoms with E-state index < -0.39 is 12.7 Å². The maximum absolute atomic E-state index is 12.4. The van der Waals surface area contributed by atoms with Gasteiger partial charge in [0.25, 0.3) is 5.91 Å². The van der Waals surface area contributed by atoms with E-state index in [1.54, 1.807) is 31.2 Å². The van der Waals surface area contributed by atoms with Crippen LogP contribution in [0.2, 0.25) is 0 Å². The quantitative estimate of drug-likeness (QED) is 0.901. The molecule has 0 fully saturated rings. The van der Waals surface area contributed by atoms with Crippen LogP contribution in [0.15, 0.2) is 36.4 Å². The van der Waals surface area contributed by atoms with Gasteiger partial charge in [-0.15, -0.1) is 11.3 Å². The highest BCUT2D eigenvalue weighted by molar-refractivity contribution is 7.13. The van der Waals surface area contributed by atoms with Crippen molar-refractivity contribution in [3.63, 3.8) is 0 Å². The van der Waals surface area contributed by atoms with Crippen molar-refractivity contribution in [3.8, 4) is 5.75 Å². The average molecular weight is 311 g/mol. The molecule has 112 valence electrons. The lowest BCUT2D eigenvalue weighted by Crippen LogP contribution is -2.26. The minimum atomic E-state index is -2.89. The van der Waals surface area contributed by atoms with Crippen LogP contribution in [0.4, 0.5) is 8.78 Å². The Morgan fingerprint density at radius 1 is 1.24 bits per heavy atom. The number of hydrogen-bond donors (Lipinski definition) is 1. The van der Waals surface area contributed by atoms with Gasteiger partial charge in [-0.25, -0.2) is 0 Å². The lowest BCUT2D eigenvalue weighted by atomic mass is 10.1. The summed E-state index contributed by atoms with van der Waals surface area (Å²) in [4.78, 5) is 13.7. The predicted molar refractivity (Wildman–Crippen MR) is 78.0 cm³/mol. The number of nitrogens with one attached hydrogen (secondary N) is 1. The van der Waals surface area contributed by atoms with Gasteiger partial charge < -0.3 is 10.1 Å². The molecule has 21 heavy (non-hydrogen) atoms. The fourth-order valence-electron chi connectivity index (χ4n) is 1.94. The smallest absolute Gasteiger partial charge is 0.387 e. The highest BCUT2D eigenvalue weighted by Crippen LogP contribution is 2.27. The predicted octanol–water partition coefficient (Wildman–Crippen LogP) is 4.15. The summed E-state index contributed by atoms with van der Waals surface area (Å²) in [7, 11) is 0. The summed E-state index contributed by atoms with van der Waals surface area (Å²) >= 11 is 1.38. The fourth-order valence-corrected chi connectivity index (χ4v) is 2.71. The van der Waals surface area contributed by atoms with E-state index in [-0.39, 0.29) is 11.7 Å². The van der Waals surface area contributed by atoms with Crippen molar-refractivity contribution in [1.82, 2.24) is 5.32 Å². The second-order valence-corrected chi connectivity index (χ2v) is 5.81. The molecule has 6 heteroatoms. The highest BCUT2D eigenvalue weighted by Gasteiger charge is 2.17. The summed E-state index contributed by atoms with van der Waals surface area (Å²) in [5.41, 5.74) is 0.513. The van der Waals surface area contributed by atoms with Gasteiger partial charge in [-0.05, 0) is 32.0 Å². The van der Waals surface area contributed by atoms with Crippen molar-refractivity contribution < 1.29 is 18.3 Å². The summed E-state index contributed by atoms with van der Waals surface area (Å²) in [5.74, 6) is -0.157. The summed E-state index contributed by atoms with van der Waals surface area (Å²) < 4.78 is 29.2. The molecule has 1 amide bonds. The molecular formula is C15H15F2NO2S. The number of thiophene rings is 1. The molecule has 0 aliphatic carbocycles. The topological polar surface area (TPSA) is 38.3 Å². The van der Waals surface area contributed by atoms with Gasteiger partial charge >= 0.3 is 6.61 Å². The molecule has 1 aromatic heterocycles. The van der Waals surface area contributed by atoms with E-state index in [0.717, 1.165) is 4.88 Å². The van der Waals surface area contributed by atoms with Crippen molar-refractivity contribution >= 4 is 17.2 Å². The van der Waals surface area contributed by atoms with E-state index in [1.165, 1.54) is 17.4 Å². The summed E-state index contributed by atoms with van der Waals surface area (Å²) in [6.07, 6.45) is 0. The zero-order valence-electron chi connectivity index (χ0n) is 11.6. The van der Waals surface area contributed by atoms with Crippen LogP contribution in [0.25, 0.3) is 0 Å². The Bertz CT molecular complexity index is 628. The first-order valence-corrected chi connectivity index (χ1v) is 7.20. The van der Waals surface area contributed by atoms with Crippen LogP contribution in [0.1, 0.15) is 33.1 Å². The van der Waals surface area contributed by atoms with E-state index in [4.69, 9.17) is 0 Å². The van der Waals surface area contributed by atoms with E-state index in [2.05, 4.69) is 10.1 Å². The zero-order chi connectivity index (χ0) is 15.4. The van der Waals surface area contributed by atoms with Gasteiger partial charge in [-0.2, -0.15) is 8.78 Å². The number of rotatable bonds is 5. The highest BCUT2D eigenvalue weighted by atomic mass is 32.1. The Balaban J connectivity index is 2.13. The number of carbonyl (C=O) groups excluding carboxylic acids is 1. The number of halogens is 2. The van der Waals surface area contributed by atoms with Gasteiger partial charge in [0.05, 0.1) is 10.9 Å². The Kier molecular flexibility index (Phi) is 4.90. The van der Waals surface area contributed by atoms with Gasteiger partial charge in [-0.3, -0.25) is 4.79 Å². The van der Waals surface area contributed by atoms with Crippen molar-refractivity contribution in [3.05, 3.63) is 51.7 Å². The van der Waals surface area contributed by atoms with Crippen LogP contribution < -0.4 is 10.1 Å². The second kappa shape index (κ2) is 6.67. The van der Waals surface area contributed by atoms with Gasteiger partial charge in [0.2, 0.25) is 0 Å². The molecule has 0 saturated heterocycles. The SMILES string of the molecule is Cc1ccc(C(=O)N[C@@H](C)c2ccccc2OC(F)F)s1. The lowest BCUT2D eigenvalue weighted by Gasteiger charge is -2.17. The van der Waals surface area contributed by atoms with Crippen LogP contribution in [0.5, 0.6) is 5.75 Å². The van der Waals surface area contributed by atoms with Gasteiger partial charge in [0.1, 0.15) is 5.75 Å². The van der Waals surface area contributed by atoms with E-state index in [0.29, 0.717) is 10.4 Å². The van der Waals surface area contributed by atoms with Gasteiger partial charge in [0, 0.05) is 10.4 Å². The third-order valence-corrected chi connectivity index (χ3v) is 3.91. The van der Waals surface area contributed by atoms with E-state index in [1.807, 2.05) is 13.0 Å². The van der Waals surface area contributed by atoms with Gasteiger partial charge in [0.15, 0.2) is 0 Å². The van der Waals surface area contributed by atoms with Crippen LogP contribution in [-0.4, -0.2) is 12.5 Å². The number of amides is 1. The zero-order valence-corrected chi connectivity index (χ0v) is 12.4. The number of carbonyl (C=O) groups is 1. The molecule has 0 radical (unpaired) electrons. The number of benzene rings is 1. The Hall–Kier alpha value is -1.95. The molecule has 0 bridgehead atoms. The first kappa shape index (κ1) is 15.4. The van der Waals surface area contributed by atoms with E-state index >= 15 is 0 Å². The molecule has 0 spiro atoms. The minimum Gasteiger partial charge on any atom is -0.434 e. The number of hydrogen-bond acceptors (Lipinski definition) is 3. The van der Waals surface area contributed by atoms with Crippen molar-refractivity contribution in [2.45, 2.75) is 26.5 Å². The Labute approximate surface area is 125 Å². The molecule has 1 heterocycles. The number of aryl methyl sites for hydroxylation is 1. The van der Waals surface area contributed by atoms with Crippen molar-refractivity contribution in [2.24, 2.45) is 0 Å². The molecule has 1 aromatic carbocycles. The minimum absolute atomic E-state index is 0.0719. The lowest BCUT2D eigenvalue weighted by molar-refractivity contribution is -0.0506. The first-order chi connectivity index (χ1) is 9.97. The molecule has 0 unspecified atom stereocenters. The molecule has 1 N–H and O–H groups in total. The average Bonchev–Trinajstić information content (AvgIpc) is 2.85. The van der Waals surface area contributed by atoms with Crippen molar-refractivity contribution in [1.29, 1.82) is 0 Å². The number of alkyl halides is 2. The molecule has 1 atom stereocenters. The fraction of sp³-hybridized carbons (Fsp3) is 0.267. The third-order valence-electron chi connectivity index (χ3n) is 2.91. The van der Waals surface area contributed by atoms with Gasteiger partial charge in [-0.1, -0.05) is 18.2 Å². The van der Waals surface area contributed by atoms with Crippen LogP contribution in [0.3, 0.4) is 0 Å². The largest absolute Gasteiger partial charge is 0.434 e. The van der Waals surface area contributed by atoms with Crippen LogP contribution in [0, 0.1) is 6.92 Å². The molecule has 0 aliphatic rings. The van der Waals surface area contributed by atoms with E-state index in [9.17, 15) is 13.6 Å². The van der Waals surface area contributed by atoms with Crippen molar-refractivity contribution in [2.75, 3.05) is 0 Å². The maximum atomic E-state index is 12.4. The van der Waals surface area contributed by atoms with Crippen LogP contribution >= 0.6 is 11.3 Å². The Morgan fingerprint density at radius 2 is 1.95 bits per heavy atom. The molecular weight excluding hydrogens is 296 g/mol. The molecule has 0 saturated carbocycles. The number of ether oxygens (including phenoxy) is 1. The Morgan fingerprint density at radius 3 is 2.57 bits per heavy atom. The van der Waals surface area contributed by atoms with Crippen LogP contribution in [-0.2, 0) is 0 Å². The summed E-state index contributed by atoms with van der Waals surface area (Å²) in [6, 6.07) is 9.60. The normalized spacial score (nSPS) is 12.2. The standard InChI is InChI=1S/C15H15F2NO2S/c1-9-7-8-13(21-9)14(19)18-10(2)11-5-3-4-6-12(11)20-15(16)17/h3-8,10,15H,1-2H3,(H,18,19)/t10-/m0/s1. The molecule has 2 rings (SSSR count). The molecule has 0 aliphatic heterocycles. The first-order valence-electron chi connectivity index (χ1n) is 6.38. The second-order valence-electron chi connectivity index (χ2n) is 4.52.